The molecule has 4 rings (SSSR count). The summed E-state index contributed by atoms with van der Waals surface area (Å²) in [6.07, 6.45) is 0. The van der Waals surface area contributed by atoms with E-state index in [-0.39, 0.29) is 22.4 Å². The molecule has 0 saturated carbocycles. The lowest BCUT2D eigenvalue weighted by molar-refractivity contribution is -0.119. The zero-order valence-corrected chi connectivity index (χ0v) is 19.4. The van der Waals surface area contributed by atoms with E-state index in [0.717, 1.165) is 10.5 Å². The van der Waals surface area contributed by atoms with Gasteiger partial charge in [0.15, 0.2) is 6.61 Å². The molecule has 0 bridgehead atoms. The van der Waals surface area contributed by atoms with Gasteiger partial charge in [-0.15, -0.1) is 11.8 Å². The number of nitriles is 1. The molecule has 0 saturated heterocycles. The molecule has 0 atom stereocenters. The highest BCUT2D eigenvalue weighted by Crippen LogP contribution is 2.31. The van der Waals surface area contributed by atoms with Gasteiger partial charge < -0.3 is 10.1 Å². The monoisotopic (exact) mass is 485 g/mol. The number of hydrogen-bond donors (Lipinski definition) is 1. The summed E-state index contributed by atoms with van der Waals surface area (Å²) in [6.45, 7) is 1.25. The van der Waals surface area contributed by atoms with Crippen molar-refractivity contribution in [1.29, 1.82) is 5.26 Å². The van der Waals surface area contributed by atoms with Gasteiger partial charge in [0.1, 0.15) is 0 Å². The van der Waals surface area contributed by atoms with E-state index in [1.54, 1.807) is 49.4 Å². The molecular weight excluding hydrogens is 466 g/mol. The van der Waals surface area contributed by atoms with Crippen LogP contribution >= 0.6 is 11.8 Å². The predicted molar refractivity (Wildman–Crippen MR) is 130 cm³/mol. The van der Waals surface area contributed by atoms with E-state index in [1.165, 1.54) is 30.0 Å². The van der Waals surface area contributed by atoms with Crippen LogP contribution in [0.25, 0.3) is 0 Å². The van der Waals surface area contributed by atoms with Crippen molar-refractivity contribution in [3.63, 3.8) is 0 Å². The summed E-state index contributed by atoms with van der Waals surface area (Å²) in [6, 6.07) is 20.1. The highest BCUT2D eigenvalue weighted by Gasteiger charge is 2.37. The smallest absolute Gasteiger partial charge is 0.338 e. The molecule has 3 aromatic rings. The van der Waals surface area contributed by atoms with E-state index in [2.05, 4.69) is 5.32 Å². The lowest BCUT2D eigenvalue weighted by atomic mass is 10.1. The summed E-state index contributed by atoms with van der Waals surface area (Å²) in [5, 5.41) is 11.4. The van der Waals surface area contributed by atoms with Gasteiger partial charge in [-0.3, -0.25) is 14.4 Å². The Bertz CT molecular complexity index is 1400. The number of esters is 1. The summed E-state index contributed by atoms with van der Waals surface area (Å²) >= 11 is 1.27. The Hall–Kier alpha value is -4.42. The number of anilines is 2. The van der Waals surface area contributed by atoms with Gasteiger partial charge in [0.25, 0.3) is 17.7 Å². The van der Waals surface area contributed by atoms with Crippen LogP contribution in [0.4, 0.5) is 11.4 Å². The Kier molecular flexibility index (Phi) is 6.94. The Morgan fingerprint density at radius 3 is 2.49 bits per heavy atom. The summed E-state index contributed by atoms with van der Waals surface area (Å²) in [5.41, 5.74) is 2.09. The van der Waals surface area contributed by atoms with Crippen LogP contribution in [0.2, 0.25) is 0 Å². The van der Waals surface area contributed by atoms with Gasteiger partial charge >= 0.3 is 5.97 Å². The van der Waals surface area contributed by atoms with Crippen molar-refractivity contribution in [3.05, 3.63) is 89.0 Å². The number of amides is 3. The molecular formula is C26H19N3O5S. The lowest BCUT2D eigenvalue weighted by Gasteiger charge is -2.16. The molecule has 3 amide bonds. The number of carbonyl (C=O) groups excluding carboxylic acids is 4. The molecule has 1 heterocycles. The number of benzene rings is 3. The van der Waals surface area contributed by atoms with Crippen molar-refractivity contribution in [1.82, 2.24) is 0 Å². The number of ether oxygens (including phenoxy) is 1. The molecule has 0 unspecified atom stereocenters. The Morgan fingerprint density at radius 1 is 1.00 bits per heavy atom. The van der Waals surface area contributed by atoms with Gasteiger partial charge in [0.2, 0.25) is 0 Å². The van der Waals surface area contributed by atoms with Crippen LogP contribution in [0.5, 0.6) is 0 Å². The van der Waals surface area contributed by atoms with Crippen LogP contribution in [-0.4, -0.2) is 36.1 Å². The number of aryl methyl sites for hydroxylation is 1. The molecule has 8 nitrogen and oxygen atoms in total. The Labute approximate surface area is 205 Å². The molecule has 1 aliphatic heterocycles. The highest BCUT2D eigenvalue weighted by molar-refractivity contribution is 7.99. The number of thioether (sulfide) groups is 1. The predicted octanol–water partition coefficient (Wildman–Crippen LogP) is 4.21. The van der Waals surface area contributed by atoms with Gasteiger partial charge in [-0.2, -0.15) is 5.26 Å². The zero-order chi connectivity index (χ0) is 24.9. The standard InChI is InChI=1S/C26H19N3O5S/c1-16-6-2-4-8-21(16)29-24(31)18-11-10-17(14-19(18)25(29)32)26(33)34-15-23(30)28-20-7-3-5-9-22(20)35-13-12-27/h2-11,14H,13,15H2,1H3,(H,28,30). The second-order valence-electron chi connectivity index (χ2n) is 7.56. The molecule has 1 N–H and O–H groups in total. The molecule has 9 heteroatoms. The highest BCUT2D eigenvalue weighted by atomic mass is 32.2. The third kappa shape index (κ3) is 4.93. The van der Waals surface area contributed by atoms with E-state index in [0.29, 0.717) is 16.3 Å². The quantitative estimate of drug-likeness (QED) is 0.303. The maximum Gasteiger partial charge on any atom is 0.338 e. The fraction of sp³-hybridized carbons (Fsp3) is 0.115. The van der Waals surface area contributed by atoms with E-state index < -0.39 is 30.3 Å². The topological polar surface area (TPSA) is 117 Å². The fourth-order valence-electron chi connectivity index (χ4n) is 3.61. The van der Waals surface area contributed by atoms with Crippen molar-refractivity contribution in [2.75, 3.05) is 22.6 Å². The summed E-state index contributed by atoms with van der Waals surface area (Å²) in [7, 11) is 0. The maximum absolute atomic E-state index is 13.0. The van der Waals surface area contributed by atoms with E-state index >= 15 is 0 Å². The van der Waals surface area contributed by atoms with Gasteiger partial charge in [0, 0.05) is 4.90 Å². The van der Waals surface area contributed by atoms with Crippen LogP contribution in [-0.2, 0) is 9.53 Å². The number of hydrogen-bond acceptors (Lipinski definition) is 7. The molecule has 0 aromatic heterocycles. The first-order valence-corrected chi connectivity index (χ1v) is 11.5. The average Bonchev–Trinajstić information content (AvgIpc) is 3.11. The minimum Gasteiger partial charge on any atom is -0.452 e. The third-order valence-corrected chi connectivity index (χ3v) is 6.21. The Balaban J connectivity index is 1.43. The summed E-state index contributed by atoms with van der Waals surface area (Å²) < 4.78 is 5.12. The number of para-hydroxylation sites is 2. The van der Waals surface area contributed by atoms with Crippen LogP contribution in [0.1, 0.15) is 36.6 Å². The van der Waals surface area contributed by atoms with Gasteiger partial charge in [-0.25, -0.2) is 9.69 Å². The largest absolute Gasteiger partial charge is 0.452 e. The lowest BCUT2D eigenvalue weighted by Crippen LogP contribution is -2.29. The van der Waals surface area contributed by atoms with Crippen molar-refractivity contribution < 1.29 is 23.9 Å². The normalized spacial score (nSPS) is 12.2. The van der Waals surface area contributed by atoms with Crippen LogP contribution in [0, 0.1) is 18.3 Å². The average molecular weight is 486 g/mol. The minimum atomic E-state index is -0.801. The number of imide groups is 1. The number of carbonyl (C=O) groups is 4. The second-order valence-corrected chi connectivity index (χ2v) is 8.58. The van der Waals surface area contributed by atoms with Gasteiger partial charge in [-0.05, 0) is 48.9 Å². The molecule has 0 spiro atoms. The van der Waals surface area contributed by atoms with E-state index in [1.807, 2.05) is 12.1 Å². The summed E-state index contributed by atoms with van der Waals surface area (Å²) in [4.78, 5) is 52.5. The molecule has 1 aliphatic rings. The van der Waals surface area contributed by atoms with Crippen LogP contribution in [0.3, 0.4) is 0 Å². The zero-order valence-electron chi connectivity index (χ0n) is 18.6. The van der Waals surface area contributed by atoms with Crippen molar-refractivity contribution in [2.24, 2.45) is 0 Å². The maximum atomic E-state index is 13.0. The van der Waals surface area contributed by atoms with E-state index in [4.69, 9.17) is 10.00 Å². The van der Waals surface area contributed by atoms with Crippen molar-refractivity contribution in [2.45, 2.75) is 11.8 Å². The molecule has 0 radical (unpaired) electrons. The van der Waals surface area contributed by atoms with Crippen molar-refractivity contribution >= 4 is 46.8 Å². The van der Waals surface area contributed by atoms with Gasteiger partial charge in [-0.1, -0.05) is 30.3 Å². The van der Waals surface area contributed by atoms with Crippen LogP contribution < -0.4 is 10.2 Å². The number of nitrogens with zero attached hydrogens (tertiary/aromatic N) is 2. The first-order valence-electron chi connectivity index (χ1n) is 10.5. The molecule has 0 aliphatic carbocycles. The first-order chi connectivity index (χ1) is 16.9. The molecule has 3 aromatic carbocycles. The van der Waals surface area contributed by atoms with Gasteiger partial charge in [0.05, 0.1) is 39.9 Å². The SMILES string of the molecule is Cc1ccccc1N1C(=O)c2ccc(C(=O)OCC(=O)Nc3ccccc3SCC#N)cc2C1=O. The minimum absolute atomic E-state index is 0.0503. The van der Waals surface area contributed by atoms with Crippen LogP contribution in [0.15, 0.2) is 71.6 Å². The fourth-order valence-corrected chi connectivity index (χ4v) is 4.28. The Morgan fingerprint density at radius 2 is 1.71 bits per heavy atom. The molecule has 174 valence electrons. The molecule has 35 heavy (non-hydrogen) atoms. The third-order valence-electron chi connectivity index (χ3n) is 5.27. The number of fused-ring (bicyclic) bond motifs is 1. The van der Waals surface area contributed by atoms with Crippen molar-refractivity contribution in [3.8, 4) is 6.07 Å². The first kappa shape index (κ1) is 23.7. The number of nitrogens with one attached hydrogen (secondary N) is 1. The van der Waals surface area contributed by atoms with E-state index in [9.17, 15) is 19.2 Å². The summed E-state index contributed by atoms with van der Waals surface area (Å²) in [5.74, 6) is -2.13. The number of rotatable bonds is 7. The second kappa shape index (κ2) is 10.2. The molecule has 0 fully saturated rings.